The largest absolute Gasteiger partial charge is 0.378 e. The second-order valence-electron chi connectivity index (χ2n) is 6.43. The van der Waals surface area contributed by atoms with Gasteiger partial charge in [0.15, 0.2) is 5.96 Å². The topological polar surface area (TPSA) is 88.7 Å². The minimum absolute atomic E-state index is 0.113. The lowest BCUT2D eigenvalue weighted by Gasteiger charge is -2.19. The number of hydrogen-bond acceptors (Lipinski definition) is 4. The van der Waals surface area contributed by atoms with Crippen molar-refractivity contribution in [3.05, 3.63) is 66.0 Å². The molecule has 8 heteroatoms. The van der Waals surface area contributed by atoms with Crippen LogP contribution in [0.4, 0.5) is 10.1 Å². The third-order valence-corrected chi connectivity index (χ3v) is 5.72. The Hall–Kier alpha value is -2.58. The summed E-state index contributed by atoms with van der Waals surface area (Å²) in [6, 6.07) is 5.70. The molecule has 0 aliphatic carbocycles. The number of nitrogens with zero attached hydrogens (tertiary/aromatic N) is 1. The molecule has 2 atom stereocenters. The van der Waals surface area contributed by atoms with Gasteiger partial charge in [0.05, 0.1) is 24.5 Å². The van der Waals surface area contributed by atoms with Crippen molar-refractivity contribution < 1.29 is 13.9 Å². The van der Waals surface area contributed by atoms with Gasteiger partial charge in [0, 0.05) is 24.1 Å². The summed E-state index contributed by atoms with van der Waals surface area (Å²) in [6.45, 7) is 6.99. The summed E-state index contributed by atoms with van der Waals surface area (Å²) in [5.41, 5.74) is 7.65. The number of ether oxygens (including phenoxy) is 1. The highest BCUT2D eigenvalue weighted by atomic mass is 32.2. The SMILES string of the molecule is C=C(/C=C\C(=C/C)CSC1COCC1NC(N)=NC)C(=O)Nc1ccc(F)cc1. The minimum Gasteiger partial charge on any atom is -0.378 e. The standard InChI is InChI=1S/C21H27FN4O2S/c1-4-15(13-29-19-12-28-11-18(19)26-21(23)24-3)6-5-14(2)20(27)25-17-9-7-16(22)8-10-17/h4-10,18-19H,2,11-13H2,1,3H3,(H,25,27)(H3,23,24,26)/b6-5-,15-4+. The van der Waals surface area contributed by atoms with Crippen LogP contribution in [0.1, 0.15) is 6.92 Å². The van der Waals surface area contributed by atoms with Gasteiger partial charge in [-0.3, -0.25) is 9.79 Å². The van der Waals surface area contributed by atoms with Crippen molar-refractivity contribution in [3.63, 3.8) is 0 Å². The van der Waals surface area contributed by atoms with Gasteiger partial charge >= 0.3 is 0 Å². The van der Waals surface area contributed by atoms with Gasteiger partial charge in [0.25, 0.3) is 5.91 Å². The molecule has 1 heterocycles. The Morgan fingerprint density at radius 1 is 1.38 bits per heavy atom. The van der Waals surface area contributed by atoms with Gasteiger partial charge in [0.1, 0.15) is 5.82 Å². The average Bonchev–Trinajstić information content (AvgIpc) is 3.16. The van der Waals surface area contributed by atoms with E-state index >= 15 is 0 Å². The molecule has 0 spiro atoms. The van der Waals surface area contributed by atoms with Crippen LogP contribution in [0.15, 0.2) is 65.2 Å². The first-order valence-corrected chi connectivity index (χ1v) is 10.2. The zero-order valence-corrected chi connectivity index (χ0v) is 17.5. The number of nitrogens with one attached hydrogen (secondary N) is 2. The Balaban J connectivity index is 1.85. The Morgan fingerprint density at radius 2 is 2.10 bits per heavy atom. The second-order valence-corrected chi connectivity index (χ2v) is 7.66. The van der Waals surface area contributed by atoms with E-state index in [4.69, 9.17) is 10.5 Å². The molecule has 1 amide bonds. The van der Waals surface area contributed by atoms with E-state index in [1.54, 1.807) is 24.9 Å². The molecular formula is C21H27FN4O2S. The van der Waals surface area contributed by atoms with Gasteiger partial charge in [0.2, 0.25) is 0 Å². The first-order chi connectivity index (χ1) is 13.9. The molecule has 1 saturated heterocycles. The molecule has 0 aromatic heterocycles. The number of carbonyl (C=O) groups excluding carboxylic acids is 1. The first kappa shape index (κ1) is 22.7. The fraction of sp³-hybridized carbons (Fsp3) is 0.333. The zero-order chi connectivity index (χ0) is 21.2. The van der Waals surface area contributed by atoms with Crippen molar-refractivity contribution in [2.75, 3.05) is 31.3 Å². The summed E-state index contributed by atoms with van der Waals surface area (Å²) in [5.74, 6) is 0.473. The van der Waals surface area contributed by atoms with E-state index in [0.29, 0.717) is 30.4 Å². The van der Waals surface area contributed by atoms with Crippen LogP contribution in [-0.4, -0.2) is 49.2 Å². The summed E-state index contributed by atoms with van der Waals surface area (Å²) in [4.78, 5) is 16.1. The third-order valence-electron chi connectivity index (χ3n) is 4.33. The van der Waals surface area contributed by atoms with E-state index < -0.39 is 0 Å². The van der Waals surface area contributed by atoms with Crippen LogP contribution in [0, 0.1) is 5.82 Å². The number of thioether (sulfide) groups is 1. The molecule has 0 bridgehead atoms. The van der Waals surface area contributed by atoms with Gasteiger partial charge in [-0.2, -0.15) is 0 Å². The van der Waals surface area contributed by atoms with E-state index in [0.717, 1.165) is 11.3 Å². The number of allylic oxidation sites excluding steroid dienone is 2. The lowest BCUT2D eigenvalue weighted by Crippen LogP contribution is -2.45. The Morgan fingerprint density at radius 3 is 2.76 bits per heavy atom. The fourth-order valence-corrected chi connectivity index (χ4v) is 3.79. The van der Waals surface area contributed by atoms with Crippen LogP contribution in [-0.2, 0) is 9.53 Å². The number of guanidine groups is 1. The molecule has 0 radical (unpaired) electrons. The molecule has 29 heavy (non-hydrogen) atoms. The molecule has 6 nitrogen and oxygen atoms in total. The number of benzene rings is 1. The number of hydrogen-bond donors (Lipinski definition) is 3. The molecule has 156 valence electrons. The maximum absolute atomic E-state index is 12.9. The van der Waals surface area contributed by atoms with Crippen molar-refractivity contribution in [2.24, 2.45) is 10.7 Å². The van der Waals surface area contributed by atoms with E-state index in [1.165, 1.54) is 24.3 Å². The van der Waals surface area contributed by atoms with Crippen LogP contribution < -0.4 is 16.4 Å². The van der Waals surface area contributed by atoms with Crippen LogP contribution in [0.3, 0.4) is 0 Å². The summed E-state index contributed by atoms with van der Waals surface area (Å²) >= 11 is 1.76. The summed E-state index contributed by atoms with van der Waals surface area (Å²) in [6.07, 6.45) is 5.55. The number of anilines is 1. The molecule has 1 fully saturated rings. The van der Waals surface area contributed by atoms with Gasteiger partial charge in [-0.1, -0.05) is 18.7 Å². The molecule has 1 aromatic carbocycles. The first-order valence-electron chi connectivity index (χ1n) is 9.20. The summed E-state index contributed by atoms with van der Waals surface area (Å²) in [7, 11) is 1.64. The predicted molar refractivity (Wildman–Crippen MR) is 119 cm³/mol. The molecular weight excluding hydrogens is 391 g/mol. The van der Waals surface area contributed by atoms with E-state index in [-0.39, 0.29) is 23.0 Å². The molecule has 2 unspecified atom stereocenters. The van der Waals surface area contributed by atoms with Crippen LogP contribution >= 0.6 is 11.8 Å². The van der Waals surface area contributed by atoms with Gasteiger partial charge < -0.3 is 21.1 Å². The maximum Gasteiger partial charge on any atom is 0.255 e. The maximum atomic E-state index is 12.9. The highest BCUT2D eigenvalue weighted by Gasteiger charge is 2.28. The van der Waals surface area contributed by atoms with E-state index in [1.807, 2.05) is 19.1 Å². The molecule has 0 saturated carbocycles. The fourth-order valence-electron chi connectivity index (χ4n) is 2.55. The number of carbonyl (C=O) groups is 1. The smallest absolute Gasteiger partial charge is 0.255 e. The number of halogens is 1. The Kier molecular flexibility index (Phi) is 8.95. The molecule has 1 aliphatic rings. The van der Waals surface area contributed by atoms with Crippen molar-refractivity contribution in [1.82, 2.24) is 5.32 Å². The van der Waals surface area contributed by atoms with Crippen LogP contribution in [0.2, 0.25) is 0 Å². The van der Waals surface area contributed by atoms with Gasteiger partial charge in [-0.25, -0.2) is 4.39 Å². The lowest BCUT2D eigenvalue weighted by molar-refractivity contribution is -0.112. The average molecular weight is 419 g/mol. The van der Waals surface area contributed by atoms with E-state index in [9.17, 15) is 9.18 Å². The van der Waals surface area contributed by atoms with Crippen LogP contribution in [0.5, 0.6) is 0 Å². The summed E-state index contributed by atoms with van der Waals surface area (Å²) in [5, 5.41) is 6.11. The second kappa shape index (κ2) is 11.4. The van der Waals surface area contributed by atoms with Crippen molar-refractivity contribution >= 4 is 29.3 Å². The van der Waals surface area contributed by atoms with Crippen LogP contribution in [0.25, 0.3) is 0 Å². The molecule has 1 aliphatic heterocycles. The zero-order valence-electron chi connectivity index (χ0n) is 16.7. The lowest BCUT2D eigenvalue weighted by atomic mass is 10.2. The third kappa shape index (κ3) is 7.40. The molecule has 2 rings (SSSR count). The summed E-state index contributed by atoms with van der Waals surface area (Å²) < 4.78 is 18.5. The van der Waals surface area contributed by atoms with Gasteiger partial charge in [-0.05, 0) is 42.8 Å². The monoisotopic (exact) mass is 418 g/mol. The number of nitrogens with two attached hydrogens (primary N) is 1. The van der Waals surface area contributed by atoms with Crippen molar-refractivity contribution in [1.29, 1.82) is 0 Å². The Labute approximate surface area is 175 Å². The minimum atomic E-state index is -0.355. The predicted octanol–water partition coefficient (Wildman–Crippen LogP) is 2.86. The van der Waals surface area contributed by atoms with Gasteiger partial charge in [-0.15, -0.1) is 11.8 Å². The quantitative estimate of drug-likeness (QED) is 0.261. The molecule has 4 N–H and O–H groups in total. The normalized spacial score (nSPS) is 20.1. The van der Waals surface area contributed by atoms with E-state index in [2.05, 4.69) is 22.2 Å². The highest BCUT2D eigenvalue weighted by molar-refractivity contribution is 8.00. The number of amides is 1. The number of aliphatic imine (C=N–C) groups is 1. The number of rotatable bonds is 8. The van der Waals surface area contributed by atoms with Crippen molar-refractivity contribution in [3.8, 4) is 0 Å². The Bertz CT molecular complexity index is 805. The van der Waals surface area contributed by atoms with Crippen molar-refractivity contribution in [2.45, 2.75) is 18.2 Å². The molecule has 1 aromatic rings. The highest BCUT2D eigenvalue weighted by Crippen LogP contribution is 2.24.